The number of carboxylic acid groups (broad SMARTS) is 1. The highest BCUT2D eigenvalue weighted by Gasteiger charge is 2.18. The topological polar surface area (TPSA) is 119 Å². The fourth-order valence-corrected chi connectivity index (χ4v) is 2.52. The molecule has 1 aromatic rings. The summed E-state index contributed by atoms with van der Waals surface area (Å²) in [5.74, 6) is -1.89. The number of non-ortho nitro benzene ring substituents is 1. The second-order valence-electron chi connectivity index (χ2n) is 5.36. The lowest BCUT2D eigenvalue weighted by Crippen LogP contribution is -2.28. The molecule has 8 nitrogen and oxygen atoms in total. The first kappa shape index (κ1) is 16.9. The van der Waals surface area contributed by atoms with Gasteiger partial charge in [-0.15, -0.1) is 0 Å². The van der Waals surface area contributed by atoms with Crippen LogP contribution in [0.25, 0.3) is 0 Å². The number of carbonyl (C=O) groups excluding carboxylic acids is 1. The van der Waals surface area contributed by atoms with Crippen molar-refractivity contribution in [2.45, 2.75) is 31.8 Å². The number of nitrogens with one attached hydrogen (secondary N) is 1. The molecule has 23 heavy (non-hydrogen) atoms. The zero-order chi connectivity index (χ0) is 16.8. The minimum atomic E-state index is -1.33. The molecule has 124 valence electrons. The first-order valence-electron chi connectivity index (χ1n) is 7.40. The number of hydrogen-bond donors (Lipinski definition) is 2. The van der Waals surface area contributed by atoms with Gasteiger partial charge < -0.3 is 15.2 Å². The Balaban J connectivity index is 1.94. The number of hydrogen-bond acceptors (Lipinski definition) is 5. The molecule has 0 unspecified atom stereocenters. The Bertz CT molecular complexity index is 578. The number of rotatable bonds is 7. The van der Waals surface area contributed by atoms with Crippen LogP contribution in [0.1, 0.15) is 46.4 Å². The predicted molar refractivity (Wildman–Crippen MR) is 80.6 cm³/mol. The van der Waals surface area contributed by atoms with Gasteiger partial charge in [0, 0.05) is 24.2 Å². The van der Waals surface area contributed by atoms with E-state index in [0.29, 0.717) is 6.61 Å². The number of nitrogens with zero attached hydrogens (tertiary/aromatic N) is 1. The monoisotopic (exact) mass is 322 g/mol. The van der Waals surface area contributed by atoms with E-state index in [2.05, 4.69) is 5.32 Å². The SMILES string of the molecule is O=C(O)c1cc(C(=O)NCCOC2CCCC2)cc([N+](=O)[O-])c1. The van der Waals surface area contributed by atoms with Crippen LogP contribution in [0.5, 0.6) is 0 Å². The van der Waals surface area contributed by atoms with E-state index >= 15 is 0 Å². The average molecular weight is 322 g/mol. The lowest BCUT2D eigenvalue weighted by Gasteiger charge is -2.11. The third kappa shape index (κ3) is 4.75. The van der Waals surface area contributed by atoms with E-state index in [4.69, 9.17) is 9.84 Å². The van der Waals surface area contributed by atoms with Gasteiger partial charge in [0.1, 0.15) is 0 Å². The Kier molecular flexibility index (Phi) is 5.64. The van der Waals surface area contributed by atoms with E-state index in [0.717, 1.165) is 43.9 Å². The maximum Gasteiger partial charge on any atom is 0.335 e. The van der Waals surface area contributed by atoms with Gasteiger partial charge in [-0.25, -0.2) is 4.79 Å². The Morgan fingerprint density at radius 1 is 1.26 bits per heavy atom. The lowest BCUT2D eigenvalue weighted by atomic mass is 10.1. The third-order valence-electron chi connectivity index (χ3n) is 3.68. The second-order valence-corrected chi connectivity index (χ2v) is 5.36. The highest BCUT2D eigenvalue weighted by molar-refractivity contribution is 5.98. The Hall–Kier alpha value is -2.48. The average Bonchev–Trinajstić information content (AvgIpc) is 3.04. The largest absolute Gasteiger partial charge is 0.478 e. The van der Waals surface area contributed by atoms with Crippen LogP contribution in [0.4, 0.5) is 5.69 Å². The standard InChI is InChI=1S/C15H18N2O6/c18-14(16-5-6-23-13-3-1-2-4-13)10-7-11(15(19)20)9-12(8-10)17(21)22/h7-9,13H,1-6H2,(H,16,18)(H,19,20). The number of nitro benzene ring substituents is 1. The van der Waals surface area contributed by atoms with E-state index in [1.807, 2.05) is 0 Å². The highest BCUT2D eigenvalue weighted by atomic mass is 16.6. The molecule has 0 saturated heterocycles. The minimum absolute atomic E-state index is 0.0579. The van der Waals surface area contributed by atoms with E-state index in [1.54, 1.807) is 0 Å². The van der Waals surface area contributed by atoms with Gasteiger partial charge in [0.15, 0.2) is 0 Å². The van der Waals surface area contributed by atoms with E-state index < -0.39 is 22.5 Å². The zero-order valence-corrected chi connectivity index (χ0v) is 12.5. The van der Waals surface area contributed by atoms with Crippen molar-refractivity contribution in [1.29, 1.82) is 0 Å². The van der Waals surface area contributed by atoms with Crippen LogP contribution in [0.3, 0.4) is 0 Å². The molecular weight excluding hydrogens is 304 g/mol. The number of nitro groups is 1. The number of carbonyl (C=O) groups is 2. The van der Waals surface area contributed by atoms with Gasteiger partial charge >= 0.3 is 5.97 Å². The fraction of sp³-hybridized carbons (Fsp3) is 0.467. The Morgan fingerprint density at radius 3 is 2.52 bits per heavy atom. The molecule has 0 aromatic heterocycles. The van der Waals surface area contributed by atoms with Crippen molar-refractivity contribution in [2.24, 2.45) is 0 Å². The Morgan fingerprint density at radius 2 is 1.91 bits per heavy atom. The molecule has 1 amide bonds. The van der Waals surface area contributed by atoms with Crippen molar-refractivity contribution in [3.8, 4) is 0 Å². The summed E-state index contributed by atoms with van der Waals surface area (Å²) in [6.07, 6.45) is 4.61. The van der Waals surface area contributed by atoms with Crippen LogP contribution in [-0.4, -0.2) is 41.2 Å². The zero-order valence-electron chi connectivity index (χ0n) is 12.5. The summed E-state index contributed by atoms with van der Waals surface area (Å²) in [5.41, 5.74) is -0.790. The molecule has 0 radical (unpaired) electrons. The molecule has 1 aromatic carbocycles. The van der Waals surface area contributed by atoms with Crippen LogP contribution >= 0.6 is 0 Å². The molecule has 8 heteroatoms. The molecule has 2 rings (SSSR count). The predicted octanol–water partition coefficient (Wildman–Crippen LogP) is 1.98. The van der Waals surface area contributed by atoms with Gasteiger partial charge in [0.25, 0.3) is 11.6 Å². The molecule has 0 atom stereocenters. The summed E-state index contributed by atoms with van der Waals surface area (Å²) in [5, 5.41) is 22.4. The van der Waals surface area contributed by atoms with Crippen molar-refractivity contribution >= 4 is 17.6 Å². The van der Waals surface area contributed by atoms with E-state index in [-0.39, 0.29) is 23.8 Å². The summed E-state index contributed by atoms with van der Waals surface area (Å²) in [6.45, 7) is 0.623. The molecule has 0 bridgehead atoms. The van der Waals surface area contributed by atoms with Crippen LogP contribution in [0.15, 0.2) is 18.2 Å². The van der Waals surface area contributed by atoms with Crippen LogP contribution in [0, 0.1) is 10.1 Å². The van der Waals surface area contributed by atoms with Gasteiger partial charge in [0.05, 0.1) is 23.2 Å². The van der Waals surface area contributed by atoms with Crippen molar-refractivity contribution in [3.63, 3.8) is 0 Å². The number of aromatic carboxylic acids is 1. The number of benzene rings is 1. The van der Waals surface area contributed by atoms with E-state index in [1.165, 1.54) is 0 Å². The van der Waals surface area contributed by atoms with Gasteiger partial charge in [-0.3, -0.25) is 14.9 Å². The normalized spacial score (nSPS) is 14.6. The molecule has 0 aliphatic heterocycles. The van der Waals surface area contributed by atoms with Crippen molar-refractivity contribution < 1.29 is 24.4 Å². The Labute approximate surface area is 132 Å². The molecule has 1 saturated carbocycles. The van der Waals surface area contributed by atoms with Gasteiger partial charge in [0.2, 0.25) is 0 Å². The fourth-order valence-electron chi connectivity index (χ4n) is 2.52. The maximum atomic E-state index is 12.0. The summed E-state index contributed by atoms with van der Waals surface area (Å²) in [7, 11) is 0. The lowest BCUT2D eigenvalue weighted by molar-refractivity contribution is -0.384. The first-order chi connectivity index (χ1) is 11.0. The van der Waals surface area contributed by atoms with Gasteiger partial charge in [-0.2, -0.15) is 0 Å². The quantitative estimate of drug-likeness (QED) is 0.450. The molecule has 2 N–H and O–H groups in total. The summed E-state index contributed by atoms with van der Waals surface area (Å²) >= 11 is 0. The maximum absolute atomic E-state index is 12.0. The smallest absolute Gasteiger partial charge is 0.335 e. The second kappa shape index (κ2) is 7.68. The van der Waals surface area contributed by atoms with Crippen molar-refractivity contribution in [1.82, 2.24) is 5.32 Å². The summed E-state index contributed by atoms with van der Waals surface area (Å²) in [6, 6.07) is 3.09. The summed E-state index contributed by atoms with van der Waals surface area (Å²) in [4.78, 5) is 33.1. The molecule has 1 aliphatic carbocycles. The molecule has 0 heterocycles. The molecule has 1 fully saturated rings. The number of ether oxygens (including phenoxy) is 1. The molecular formula is C15H18N2O6. The summed E-state index contributed by atoms with van der Waals surface area (Å²) < 4.78 is 5.60. The first-order valence-corrected chi connectivity index (χ1v) is 7.40. The van der Waals surface area contributed by atoms with Crippen molar-refractivity contribution in [3.05, 3.63) is 39.4 Å². The van der Waals surface area contributed by atoms with E-state index in [9.17, 15) is 19.7 Å². The third-order valence-corrected chi connectivity index (χ3v) is 3.68. The minimum Gasteiger partial charge on any atom is -0.478 e. The molecule has 0 spiro atoms. The van der Waals surface area contributed by atoms with Crippen LogP contribution in [0.2, 0.25) is 0 Å². The van der Waals surface area contributed by atoms with Crippen molar-refractivity contribution in [2.75, 3.05) is 13.2 Å². The molecule has 1 aliphatic rings. The highest BCUT2D eigenvalue weighted by Crippen LogP contribution is 2.20. The number of carboxylic acids is 1. The number of amides is 1. The van der Waals surface area contributed by atoms with Crippen LogP contribution in [-0.2, 0) is 4.74 Å². The van der Waals surface area contributed by atoms with Gasteiger partial charge in [-0.1, -0.05) is 12.8 Å². The van der Waals surface area contributed by atoms with Crippen LogP contribution < -0.4 is 5.32 Å². The van der Waals surface area contributed by atoms with Gasteiger partial charge in [-0.05, 0) is 18.9 Å².